The van der Waals surface area contributed by atoms with Gasteiger partial charge in [0.1, 0.15) is 0 Å². The van der Waals surface area contributed by atoms with E-state index in [1.54, 1.807) is 4.90 Å². The summed E-state index contributed by atoms with van der Waals surface area (Å²) < 4.78 is 37.5. The Hall–Kier alpha value is -2.44. The lowest BCUT2D eigenvalue weighted by atomic mass is 9.95. The van der Waals surface area contributed by atoms with Gasteiger partial charge in [-0.1, -0.05) is 29.3 Å². The van der Waals surface area contributed by atoms with E-state index in [1.165, 1.54) is 16.7 Å². The van der Waals surface area contributed by atoms with Crippen molar-refractivity contribution in [3.05, 3.63) is 58.7 Å². The van der Waals surface area contributed by atoms with Crippen molar-refractivity contribution >= 4 is 5.91 Å². The summed E-state index contributed by atoms with van der Waals surface area (Å²) >= 11 is 0. The van der Waals surface area contributed by atoms with Crippen molar-refractivity contribution in [3.63, 3.8) is 0 Å². The van der Waals surface area contributed by atoms with Crippen molar-refractivity contribution in [2.45, 2.75) is 32.4 Å². The second-order valence-electron chi connectivity index (χ2n) is 6.45. The lowest BCUT2D eigenvalue weighted by Crippen LogP contribution is -2.29. The van der Waals surface area contributed by atoms with Crippen LogP contribution in [0.2, 0.25) is 0 Å². The summed E-state index contributed by atoms with van der Waals surface area (Å²) in [5.41, 5.74) is 3.62. The second kappa shape index (κ2) is 6.46. The summed E-state index contributed by atoms with van der Waals surface area (Å²) in [7, 11) is 0. The maximum absolute atomic E-state index is 12.5. The van der Waals surface area contributed by atoms with Crippen LogP contribution in [0.25, 0.3) is 0 Å². The predicted octanol–water partition coefficient (Wildman–Crippen LogP) is 3.74. The molecule has 7 heteroatoms. The Labute approximate surface area is 143 Å². The van der Waals surface area contributed by atoms with Crippen LogP contribution in [0.3, 0.4) is 0 Å². The van der Waals surface area contributed by atoms with Crippen molar-refractivity contribution < 1.29 is 18.0 Å². The fraction of sp³-hybridized carbons (Fsp3) is 0.389. The molecule has 1 aliphatic heterocycles. The number of benzene rings is 1. The van der Waals surface area contributed by atoms with Crippen LogP contribution in [-0.2, 0) is 6.18 Å². The molecule has 1 aromatic heterocycles. The maximum Gasteiger partial charge on any atom is 0.451 e. The molecule has 0 spiro atoms. The minimum atomic E-state index is -4.61. The van der Waals surface area contributed by atoms with E-state index in [2.05, 4.69) is 28.2 Å². The molecular weight excluding hydrogens is 331 g/mol. The van der Waals surface area contributed by atoms with Crippen LogP contribution >= 0.6 is 0 Å². The van der Waals surface area contributed by atoms with E-state index >= 15 is 0 Å². The molecule has 0 unspecified atom stereocenters. The highest BCUT2D eigenvalue weighted by Gasteiger charge is 2.35. The number of aryl methyl sites for hydroxylation is 2. The number of hydrogen-bond donors (Lipinski definition) is 0. The minimum Gasteiger partial charge on any atom is -0.338 e. The highest BCUT2D eigenvalue weighted by atomic mass is 19.4. The first-order valence-electron chi connectivity index (χ1n) is 8.01. The van der Waals surface area contributed by atoms with Crippen molar-refractivity contribution in [3.8, 4) is 0 Å². The van der Waals surface area contributed by atoms with Gasteiger partial charge in [-0.15, -0.1) is 0 Å². The third-order valence-electron chi connectivity index (χ3n) is 4.34. The second-order valence-corrected chi connectivity index (χ2v) is 6.45. The van der Waals surface area contributed by atoms with E-state index < -0.39 is 12.0 Å². The van der Waals surface area contributed by atoms with E-state index in [-0.39, 0.29) is 17.4 Å². The summed E-state index contributed by atoms with van der Waals surface area (Å²) in [5.74, 6) is -1.34. The van der Waals surface area contributed by atoms with Crippen molar-refractivity contribution in [2.75, 3.05) is 13.1 Å². The minimum absolute atomic E-state index is 0.0778. The standard InChI is InChI=1S/C18H18F3N3O/c1-11-5-12(2)7-14(6-11)13-3-4-24(10-13)16(25)15-8-22-17(23-9-15)18(19,20)21/h5-9,13H,3-4,10H2,1-2H3/t13-/m0/s1. The fourth-order valence-electron chi connectivity index (χ4n) is 3.23. The first-order chi connectivity index (χ1) is 11.7. The monoisotopic (exact) mass is 349 g/mol. The Morgan fingerprint density at radius 3 is 2.28 bits per heavy atom. The van der Waals surface area contributed by atoms with Gasteiger partial charge in [-0.05, 0) is 25.8 Å². The molecule has 0 aliphatic carbocycles. The van der Waals surface area contributed by atoms with Gasteiger partial charge in [0.25, 0.3) is 5.91 Å². The molecule has 0 bridgehead atoms. The fourth-order valence-corrected chi connectivity index (χ4v) is 3.23. The van der Waals surface area contributed by atoms with Gasteiger partial charge in [-0.2, -0.15) is 13.2 Å². The topological polar surface area (TPSA) is 46.1 Å². The summed E-state index contributed by atoms with van der Waals surface area (Å²) in [5, 5.41) is 0. The van der Waals surface area contributed by atoms with Crippen molar-refractivity contribution in [2.24, 2.45) is 0 Å². The molecule has 1 aliphatic rings. The average Bonchev–Trinajstić information content (AvgIpc) is 3.02. The van der Waals surface area contributed by atoms with Gasteiger partial charge in [0, 0.05) is 31.4 Å². The molecule has 0 N–H and O–H groups in total. The maximum atomic E-state index is 12.5. The molecule has 0 saturated carbocycles. The van der Waals surface area contributed by atoms with Crippen LogP contribution in [0.1, 0.15) is 45.2 Å². The third-order valence-corrected chi connectivity index (χ3v) is 4.34. The zero-order valence-corrected chi connectivity index (χ0v) is 14.0. The predicted molar refractivity (Wildman–Crippen MR) is 86.2 cm³/mol. The quantitative estimate of drug-likeness (QED) is 0.830. The largest absolute Gasteiger partial charge is 0.451 e. The molecule has 132 valence electrons. The number of rotatable bonds is 2. The average molecular weight is 349 g/mol. The number of aromatic nitrogens is 2. The van der Waals surface area contributed by atoms with E-state index in [9.17, 15) is 18.0 Å². The number of nitrogens with zero attached hydrogens (tertiary/aromatic N) is 3. The van der Waals surface area contributed by atoms with Crippen LogP contribution in [0, 0.1) is 13.8 Å². The molecule has 25 heavy (non-hydrogen) atoms. The first-order valence-corrected chi connectivity index (χ1v) is 8.01. The molecule has 1 amide bonds. The molecule has 2 aromatic rings. The number of carbonyl (C=O) groups is 1. The smallest absolute Gasteiger partial charge is 0.338 e. The number of hydrogen-bond acceptors (Lipinski definition) is 3. The lowest BCUT2D eigenvalue weighted by molar-refractivity contribution is -0.145. The van der Waals surface area contributed by atoms with E-state index in [4.69, 9.17) is 0 Å². The van der Waals surface area contributed by atoms with Gasteiger partial charge in [-0.3, -0.25) is 4.79 Å². The number of halogens is 3. The molecule has 1 fully saturated rings. The summed E-state index contributed by atoms with van der Waals surface area (Å²) in [6.45, 7) is 5.18. The molecule has 4 nitrogen and oxygen atoms in total. The lowest BCUT2D eigenvalue weighted by Gasteiger charge is -2.17. The van der Waals surface area contributed by atoms with E-state index in [0.29, 0.717) is 13.1 Å². The first kappa shape index (κ1) is 17.4. The molecule has 1 atom stereocenters. The number of alkyl halides is 3. The van der Waals surface area contributed by atoms with Gasteiger partial charge in [0.2, 0.25) is 5.82 Å². The SMILES string of the molecule is Cc1cc(C)cc([C@H]2CCN(C(=O)c3cnc(C(F)(F)F)nc3)C2)c1. The molecule has 3 rings (SSSR count). The third kappa shape index (κ3) is 3.81. The van der Waals surface area contributed by atoms with Gasteiger partial charge in [0.05, 0.1) is 5.56 Å². The number of carbonyl (C=O) groups excluding carboxylic acids is 1. The van der Waals surface area contributed by atoms with E-state index in [1.807, 2.05) is 13.8 Å². The van der Waals surface area contributed by atoms with Crippen LogP contribution < -0.4 is 0 Å². The van der Waals surface area contributed by atoms with Crippen molar-refractivity contribution in [1.82, 2.24) is 14.9 Å². The van der Waals surface area contributed by atoms with Crippen LogP contribution in [0.15, 0.2) is 30.6 Å². The molecule has 1 saturated heterocycles. The number of amides is 1. The summed E-state index contributed by atoms with van der Waals surface area (Å²) in [6.07, 6.45) is -1.88. The van der Waals surface area contributed by atoms with Crippen LogP contribution in [0.4, 0.5) is 13.2 Å². The number of likely N-dealkylation sites (tertiary alicyclic amines) is 1. The zero-order chi connectivity index (χ0) is 18.2. The van der Waals surface area contributed by atoms with Crippen molar-refractivity contribution in [1.29, 1.82) is 0 Å². The van der Waals surface area contributed by atoms with E-state index in [0.717, 1.165) is 18.8 Å². The Kier molecular flexibility index (Phi) is 4.49. The van der Waals surface area contributed by atoms with Gasteiger partial charge in [0.15, 0.2) is 0 Å². The molecular formula is C18H18F3N3O. The Bertz CT molecular complexity index is 767. The molecule has 1 aromatic carbocycles. The Balaban J connectivity index is 1.72. The van der Waals surface area contributed by atoms with Gasteiger partial charge in [-0.25, -0.2) is 9.97 Å². The van der Waals surface area contributed by atoms with Crippen LogP contribution in [-0.4, -0.2) is 33.9 Å². The molecule has 0 radical (unpaired) electrons. The van der Waals surface area contributed by atoms with Gasteiger partial charge >= 0.3 is 6.18 Å². The highest BCUT2D eigenvalue weighted by molar-refractivity contribution is 5.93. The highest BCUT2D eigenvalue weighted by Crippen LogP contribution is 2.30. The van der Waals surface area contributed by atoms with Crippen LogP contribution in [0.5, 0.6) is 0 Å². The normalized spacial score (nSPS) is 17.8. The Morgan fingerprint density at radius 2 is 1.72 bits per heavy atom. The molecule has 2 heterocycles. The van der Waals surface area contributed by atoms with Gasteiger partial charge < -0.3 is 4.90 Å². The summed E-state index contributed by atoms with van der Waals surface area (Å²) in [4.78, 5) is 20.6. The Morgan fingerprint density at radius 1 is 1.12 bits per heavy atom. The zero-order valence-electron chi connectivity index (χ0n) is 14.0. The summed E-state index contributed by atoms with van der Waals surface area (Å²) in [6, 6.07) is 6.33.